The summed E-state index contributed by atoms with van der Waals surface area (Å²) in [4.78, 5) is 4.62. The Bertz CT molecular complexity index is 567. The van der Waals surface area contributed by atoms with Crippen LogP contribution in [0.4, 0.5) is 0 Å². The Morgan fingerprint density at radius 2 is 2.05 bits per heavy atom. The van der Waals surface area contributed by atoms with Crippen LogP contribution in [-0.4, -0.2) is 11.6 Å². The number of hydrogen-bond donors (Lipinski definition) is 1. The summed E-state index contributed by atoms with van der Waals surface area (Å²) >= 11 is 0. The van der Waals surface area contributed by atoms with E-state index >= 15 is 0 Å². The van der Waals surface area contributed by atoms with E-state index in [1.54, 1.807) is 0 Å². The molecule has 0 aliphatic rings. The van der Waals surface area contributed by atoms with Crippen LogP contribution in [0, 0.1) is 6.92 Å². The highest BCUT2D eigenvalue weighted by atomic mass is 16.5. The lowest BCUT2D eigenvalue weighted by atomic mass is 10.1. The number of nitrogens with zero attached hydrogens (tertiary/aromatic N) is 1. The third kappa shape index (κ3) is 3.58. The van der Waals surface area contributed by atoms with Crippen molar-refractivity contribution < 1.29 is 4.74 Å². The lowest BCUT2D eigenvalue weighted by molar-refractivity contribution is 0.309. The average Bonchev–Trinajstić information content (AvgIpc) is 2.48. The molecule has 0 radical (unpaired) electrons. The van der Waals surface area contributed by atoms with E-state index in [2.05, 4.69) is 18.0 Å². The molecule has 0 unspecified atom stereocenters. The number of unbranched alkanes of at least 4 members (excludes halogenated alkanes) is 1. The molecule has 1 heterocycles. The van der Waals surface area contributed by atoms with Gasteiger partial charge < -0.3 is 10.5 Å². The number of aryl methyl sites for hydroxylation is 1. The van der Waals surface area contributed by atoms with E-state index in [0.717, 1.165) is 47.7 Å². The molecule has 0 spiro atoms. The molecule has 0 amide bonds. The van der Waals surface area contributed by atoms with Crippen LogP contribution < -0.4 is 10.5 Å². The van der Waals surface area contributed by atoms with Crippen molar-refractivity contribution in [3.05, 3.63) is 47.7 Å². The zero-order chi connectivity index (χ0) is 14.4. The average molecular weight is 270 g/mol. The Labute approximate surface area is 120 Å². The molecule has 0 atom stereocenters. The molecule has 0 aliphatic heterocycles. The second-order valence-electron chi connectivity index (χ2n) is 4.87. The van der Waals surface area contributed by atoms with Crippen molar-refractivity contribution in [3.63, 3.8) is 0 Å². The van der Waals surface area contributed by atoms with Crippen molar-refractivity contribution >= 4 is 0 Å². The van der Waals surface area contributed by atoms with Gasteiger partial charge in [0.15, 0.2) is 0 Å². The maximum Gasteiger partial charge on any atom is 0.119 e. The molecule has 106 valence electrons. The molecule has 0 aliphatic carbocycles. The summed E-state index contributed by atoms with van der Waals surface area (Å²) in [5.74, 6) is 0.901. The molecule has 3 heteroatoms. The quantitative estimate of drug-likeness (QED) is 0.814. The molecule has 20 heavy (non-hydrogen) atoms. The van der Waals surface area contributed by atoms with Crippen LogP contribution in [0.15, 0.2) is 36.4 Å². The maximum absolute atomic E-state index is 5.74. The fraction of sp³-hybridized carbons (Fsp3) is 0.353. The summed E-state index contributed by atoms with van der Waals surface area (Å²) in [6.45, 7) is 5.44. The fourth-order valence-corrected chi connectivity index (χ4v) is 2.05. The van der Waals surface area contributed by atoms with Crippen molar-refractivity contribution in [1.29, 1.82) is 0 Å². The largest absolute Gasteiger partial charge is 0.494 e. The monoisotopic (exact) mass is 270 g/mol. The Morgan fingerprint density at radius 3 is 2.75 bits per heavy atom. The van der Waals surface area contributed by atoms with E-state index in [1.807, 2.05) is 37.3 Å². The number of rotatable bonds is 6. The number of benzene rings is 1. The summed E-state index contributed by atoms with van der Waals surface area (Å²) in [6, 6.07) is 12.1. The molecule has 2 rings (SSSR count). The summed E-state index contributed by atoms with van der Waals surface area (Å²) < 4.78 is 5.74. The van der Waals surface area contributed by atoms with Gasteiger partial charge in [-0.2, -0.15) is 0 Å². The Hall–Kier alpha value is -1.87. The molecule has 2 aromatic rings. The van der Waals surface area contributed by atoms with Crippen molar-refractivity contribution in [1.82, 2.24) is 4.98 Å². The van der Waals surface area contributed by atoms with Gasteiger partial charge >= 0.3 is 0 Å². The van der Waals surface area contributed by atoms with Gasteiger partial charge in [-0.15, -0.1) is 0 Å². The minimum Gasteiger partial charge on any atom is -0.494 e. The van der Waals surface area contributed by atoms with Gasteiger partial charge in [0.2, 0.25) is 0 Å². The molecule has 2 N–H and O–H groups in total. The predicted octanol–water partition coefficient (Wildman–Crippen LogP) is 3.69. The topological polar surface area (TPSA) is 48.1 Å². The lowest BCUT2D eigenvalue weighted by Gasteiger charge is -2.09. The summed E-state index contributed by atoms with van der Waals surface area (Å²) in [6.07, 6.45) is 2.22. The predicted molar refractivity (Wildman–Crippen MR) is 82.7 cm³/mol. The van der Waals surface area contributed by atoms with Crippen molar-refractivity contribution in [2.24, 2.45) is 5.73 Å². The second kappa shape index (κ2) is 7.06. The highest BCUT2D eigenvalue weighted by Crippen LogP contribution is 2.23. The standard InChI is InChI=1S/C17H22N2O/c1-3-4-10-20-16-7-5-6-14(11-16)17-9-8-15(12-18)13(2)19-17/h5-9,11H,3-4,10,12,18H2,1-2H3. The van der Waals surface area contributed by atoms with Crippen LogP contribution in [0.25, 0.3) is 11.3 Å². The third-order valence-corrected chi connectivity index (χ3v) is 3.31. The van der Waals surface area contributed by atoms with E-state index in [1.165, 1.54) is 0 Å². The highest BCUT2D eigenvalue weighted by Gasteiger charge is 2.04. The maximum atomic E-state index is 5.74. The van der Waals surface area contributed by atoms with Crippen LogP contribution in [0.3, 0.4) is 0 Å². The molecule has 0 saturated carbocycles. The van der Waals surface area contributed by atoms with Gasteiger partial charge in [0.25, 0.3) is 0 Å². The van der Waals surface area contributed by atoms with Gasteiger partial charge in [-0.25, -0.2) is 0 Å². The van der Waals surface area contributed by atoms with E-state index in [4.69, 9.17) is 10.5 Å². The van der Waals surface area contributed by atoms with Crippen molar-refractivity contribution in [2.45, 2.75) is 33.2 Å². The van der Waals surface area contributed by atoms with Gasteiger partial charge in [0, 0.05) is 17.8 Å². The van der Waals surface area contributed by atoms with Crippen LogP contribution in [0.2, 0.25) is 0 Å². The molecule has 0 fully saturated rings. The lowest BCUT2D eigenvalue weighted by Crippen LogP contribution is -2.01. The molecule has 3 nitrogen and oxygen atoms in total. The van der Waals surface area contributed by atoms with Crippen LogP contribution in [0.5, 0.6) is 5.75 Å². The zero-order valence-electron chi connectivity index (χ0n) is 12.2. The minimum atomic E-state index is 0.527. The van der Waals surface area contributed by atoms with E-state index in [-0.39, 0.29) is 0 Å². The van der Waals surface area contributed by atoms with Gasteiger partial charge in [0.1, 0.15) is 5.75 Å². The van der Waals surface area contributed by atoms with Crippen LogP contribution in [0.1, 0.15) is 31.0 Å². The van der Waals surface area contributed by atoms with E-state index in [9.17, 15) is 0 Å². The Morgan fingerprint density at radius 1 is 1.20 bits per heavy atom. The van der Waals surface area contributed by atoms with Gasteiger partial charge in [-0.05, 0) is 37.1 Å². The first-order chi connectivity index (χ1) is 9.74. The van der Waals surface area contributed by atoms with E-state index in [0.29, 0.717) is 6.54 Å². The number of nitrogens with two attached hydrogens (primary N) is 1. The number of pyridine rings is 1. The third-order valence-electron chi connectivity index (χ3n) is 3.31. The fourth-order valence-electron chi connectivity index (χ4n) is 2.05. The van der Waals surface area contributed by atoms with Gasteiger partial charge in [-0.3, -0.25) is 4.98 Å². The molecule has 0 bridgehead atoms. The molecule has 1 aromatic heterocycles. The van der Waals surface area contributed by atoms with Crippen LogP contribution in [-0.2, 0) is 6.54 Å². The Kier molecular flexibility index (Phi) is 5.13. The van der Waals surface area contributed by atoms with Crippen molar-refractivity contribution in [3.8, 4) is 17.0 Å². The first kappa shape index (κ1) is 14.5. The Balaban J connectivity index is 2.19. The smallest absolute Gasteiger partial charge is 0.119 e. The van der Waals surface area contributed by atoms with Gasteiger partial charge in [-0.1, -0.05) is 31.5 Å². The summed E-state index contributed by atoms with van der Waals surface area (Å²) in [5, 5.41) is 0. The molecular weight excluding hydrogens is 248 g/mol. The van der Waals surface area contributed by atoms with Crippen molar-refractivity contribution in [2.75, 3.05) is 6.61 Å². The number of aromatic nitrogens is 1. The van der Waals surface area contributed by atoms with Crippen LogP contribution >= 0.6 is 0 Å². The zero-order valence-corrected chi connectivity index (χ0v) is 12.2. The second-order valence-corrected chi connectivity index (χ2v) is 4.87. The highest BCUT2D eigenvalue weighted by molar-refractivity contribution is 5.61. The first-order valence-electron chi connectivity index (χ1n) is 7.14. The van der Waals surface area contributed by atoms with E-state index < -0.39 is 0 Å². The molecular formula is C17H22N2O. The molecule has 1 aromatic carbocycles. The summed E-state index contributed by atoms with van der Waals surface area (Å²) in [5.41, 5.74) is 9.78. The number of hydrogen-bond acceptors (Lipinski definition) is 3. The van der Waals surface area contributed by atoms with Gasteiger partial charge in [0.05, 0.1) is 12.3 Å². The SMILES string of the molecule is CCCCOc1cccc(-c2ccc(CN)c(C)n2)c1. The normalized spacial score (nSPS) is 10.6. The summed E-state index contributed by atoms with van der Waals surface area (Å²) in [7, 11) is 0. The molecule has 0 saturated heterocycles. The first-order valence-corrected chi connectivity index (χ1v) is 7.14. The minimum absolute atomic E-state index is 0.527. The number of ether oxygens (including phenoxy) is 1.